The molecule has 0 spiro atoms. The fraction of sp³-hybridized carbons (Fsp3) is 0.462. The van der Waals surface area contributed by atoms with Gasteiger partial charge in [-0.05, 0) is 41.5 Å². The van der Waals surface area contributed by atoms with Crippen LogP contribution in [0.25, 0.3) is 0 Å². The van der Waals surface area contributed by atoms with Gasteiger partial charge in [-0.1, -0.05) is 24.6 Å². The van der Waals surface area contributed by atoms with Crippen molar-refractivity contribution < 1.29 is 4.39 Å². The molecule has 1 N–H and O–H groups in total. The fourth-order valence-corrected chi connectivity index (χ4v) is 2.07. The SMILES string of the molecule is CCCn1nnnc1CN[C@@H](C)c1ccc(F)c(Cl)c1. The Balaban J connectivity index is 1.99. The molecule has 1 aromatic heterocycles. The highest BCUT2D eigenvalue weighted by atomic mass is 35.5. The van der Waals surface area contributed by atoms with E-state index in [4.69, 9.17) is 11.6 Å². The van der Waals surface area contributed by atoms with Crippen LogP contribution in [-0.4, -0.2) is 20.2 Å². The maximum atomic E-state index is 13.1. The maximum Gasteiger partial charge on any atom is 0.165 e. The normalized spacial score (nSPS) is 12.6. The molecule has 2 rings (SSSR count). The lowest BCUT2D eigenvalue weighted by molar-refractivity contribution is 0.506. The standard InChI is InChI=1S/C13H17ClFN5/c1-3-6-20-13(17-18-19-20)8-16-9(2)10-4-5-12(15)11(14)7-10/h4-5,7,9,16H,3,6,8H2,1-2H3/t9-/m0/s1. The van der Waals surface area contributed by atoms with Crippen LogP contribution in [-0.2, 0) is 13.1 Å². The molecule has 108 valence electrons. The number of halogens is 2. The molecule has 0 amide bonds. The molecule has 0 saturated carbocycles. The summed E-state index contributed by atoms with van der Waals surface area (Å²) in [5, 5.41) is 15.0. The third-order valence-corrected chi connectivity index (χ3v) is 3.34. The molecule has 0 saturated heterocycles. The first-order chi connectivity index (χ1) is 9.61. The topological polar surface area (TPSA) is 55.6 Å². The van der Waals surface area contributed by atoms with Gasteiger partial charge in [0.1, 0.15) is 5.82 Å². The molecule has 1 atom stereocenters. The highest BCUT2D eigenvalue weighted by molar-refractivity contribution is 6.30. The van der Waals surface area contributed by atoms with Gasteiger partial charge in [-0.25, -0.2) is 9.07 Å². The van der Waals surface area contributed by atoms with E-state index in [2.05, 4.69) is 27.8 Å². The van der Waals surface area contributed by atoms with Gasteiger partial charge in [-0.3, -0.25) is 0 Å². The molecule has 0 bridgehead atoms. The van der Waals surface area contributed by atoms with Crippen LogP contribution >= 0.6 is 11.6 Å². The van der Waals surface area contributed by atoms with Gasteiger partial charge in [-0.2, -0.15) is 0 Å². The maximum absolute atomic E-state index is 13.1. The summed E-state index contributed by atoms with van der Waals surface area (Å²) >= 11 is 5.78. The Bertz CT molecular complexity index is 572. The van der Waals surface area contributed by atoms with Gasteiger partial charge in [0.05, 0.1) is 11.6 Å². The van der Waals surface area contributed by atoms with Crippen molar-refractivity contribution in [3.05, 3.63) is 40.4 Å². The molecule has 0 aliphatic rings. The Kier molecular flexibility index (Phi) is 5.03. The summed E-state index contributed by atoms with van der Waals surface area (Å²) in [6.45, 7) is 5.39. The first-order valence-corrected chi connectivity index (χ1v) is 6.93. The van der Waals surface area contributed by atoms with Crippen molar-refractivity contribution in [2.75, 3.05) is 0 Å². The second-order valence-electron chi connectivity index (χ2n) is 4.59. The van der Waals surface area contributed by atoms with Crippen molar-refractivity contribution in [1.29, 1.82) is 0 Å². The highest BCUT2D eigenvalue weighted by Gasteiger charge is 2.10. The minimum absolute atomic E-state index is 0.0277. The quantitative estimate of drug-likeness (QED) is 0.891. The van der Waals surface area contributed by atoms with Crippen molar-refractivity contribution in [3.63, 3.8) is 0 Å². The van der Waals surface area contributed by atoms with Crippen molar-refractivity contribution in [2.45, 2.75) is 39.4 Å². The van der Waals surface area contributed by atoms with Gasteiger partial charge in [-0.15, -0.1) is 5.10 Å². The van der Waals surface area contributed by atoms with E-state index in [1.807, 2.05) is 6.92 Å². The van der Waals surface area contributed by atoms with Gasteiger partial charge in [0.15, 0.2) is 5.82 Å². The predicted molar refractivity (Wildman–Crippen MR) is 74.8 cm³/mol. The van der Waals surface area contributed by atoms with Gasteiger partial charge in [0.2, 0.25) is 0 Å². The molecule has 5 nitrogen and oxygen atoms in total. The summed E-state index contributed by atoms with van der Waals surface area (Å²) in [5.41, 5.74) is 0.922. The molecule has 0 unspecified atom stereocenters. The van der Waals surface area contributed by atoms with Gasteiger partial charge >= 0.3 is 0 Å². The van der Waals surface area contributed by atoms with Crippen LogP contribution in [0.2, 0.25) is 5.02 Å². The fourth-order valence-electron chi connectivity index (χ4n) is 1.88. The van der Waals surface area contributed by atoms with Crippen LogP contribution in [0.3, 0.4) is 0 Å². The third-order valence-electron chi connectivity index (χ3n) is 3.05. The van der Waals surface area contributed by atoms with E-state index < -0.39 is 5.82 Å². The first kappa shape index (κ1) is 14.9. The van der Waals surface area contributed by atoms with Crippen LogP contribution in [0.4, 0.5) is 4.39 Å². The van der Waals surface area contributed by atoms with Gasteiger partial charge in [0.25, 0.3) is 0 Å². The van der Waals surface area contributed by atoms with Crippen LogP contribution in [0, 0.1) is 5.82 Å². The minimum Gasteiger partial charge on any atom is -0.303 e. The number of benzene rings is 1. The second kappa shape index (κ2) is 6.76. The van der Waals surface area contributed by atoms with E-state index >= 15 is 0 Å². The van der Waals surface area contributed by atoms with E-state index in [0.29, 0.717) is 6.54 Å². The molecule has 0 aliphatic heterocycles. The van der Waals surface area contributed by atoms with Crippen LogP contribution in [0.15, 0.2) is 18.2 Å². The molecule has 20 heavy (non-hydrogen) atoms. The van der Waals surface area contributed by atoms with E-state index in [1.54, 1.807) is 16.8 Å². The molecule has 0 radical (unpaired) electrons. The molecule has 1 heterocycles. The summed E-state index contributed by atoms with van der Waals surface area (Å²) in [4.78, 5) is 0. The molecular formula is C13H17ClFN5. The lowest BCUT2D eigenvalue weighted by Crippen LogP contribution is -2.21. The Morgan fingerprint density at radius 3 is 2.95 bits per heavy atom. The smallest absolute Gasteiger partial charge is 0.165 e. The van der Waals surface area contributed by atoms with Crippen molar-refractivity contribution in [3.8, 4) is 0 Å². The van der Waals surface area contributed by atoms with Gasteiger partial charge in [0, 0.05) is 12.6 Å². The third kappa shape index (κ3) is 3.52. The number of aryl methyl sites for hydroxylation is 1. The van der Waals surface area contributed by atoms with Crippen LogP contribution in [0.1, 0.15) is 37.7 Å². The number of tetrazole rings is 1. The largest absolute Gasteiger partial charge is 0.303 e. The Morgan fingerprint density at radius 2 is 2.25 bits per heavy atom. The zero-order valence-electron chi connectivity index (χ0n) is 11.5. The van der Waals surface area contributed by atoms with Crippen LogP contribution in [0.5, 0.6) is 0 Å². The molecule has 2 aromatic rings. The van der Waals surface area contributed by atoms with E-state index in [-0.39, 0.29) is 11.1 Å². The summed E-state index contributed by atoms with van der Waals surface area (Å²) in [5.74, 6) is 0.376. The number of nitrogens with one attached hydrogen (secondary N) is 1. The second-order valence-corrected chi connectivity index (χ2v) is 5.00. The molecular weight excluding hydrogens is 281 g/mol. The Morgan fingerprint density at radius 1 is 1.45 bits per heavy atom. The van der Waals surface area contributed by atoms with E-state index in [9.17, 15) is 4.39 Å². The number of hydrogen-bond acceptors (Lipinski definition) is 4. The minimum atomic E-state index is -0.408. The summed E-state index contributed by atoms with van der Waals surface area (Å²) in [6, 6.07) is 4.74. The van der Waals surface area contributed by atoms with Crippen molar-refractivity contribution in [2.24, 2.45) is 0 Å². The van der Waals surface area contributed by atoms with Crippen molar-refractivity contribution >= 4 is 11.6 Å². The lowest BCUT2D eigenvalue weighted by Gasteiger charge is -2.14. The lowest BCUT2D eigenvalue weighted by atomic mass is 10.1. The first-order valence-electron chi connectivity index (χ1n) is 6.55. The number of hydrogen-bond donors (Lipinski definition) is 1. The average Bonchev–Trinajstić information content (AvgIpc) is 2.87. The molecule has 0 aliphatic carbocycles. The average molecular weight is 298 g/mol. The number of rotatable bonds is 6. The zero-order valence-corrected chi connectivity index (χ0v) is 12.2. The van der Waals surface area contributed by atoms with E-state index in [1.165, 1.54) is 6.07 Å². The predicted octanol–water partition coefficient (Wildman–Crippen LogP) is 2.73. The van der Waals surface area contributed by atoms with Gasteiger partial charge < -0.3 is 5.32 Å². The molecule has 7 heteroatoms. The summed E-state index contributed by atoms with van der Waals surface area (Å²) in [6.07, 6.45) is 0.973. The summed E-state index contributed by atoms with van der Waals surface area (Å²) in [7, 11) is 0. The molecule has 0 fully saturated rings. The van der Waals surface area contributed by atoms with Crippen LogP contribution < -0.4 is 5.32 Å². The highest BCUT2D eigenvalue weighted by Crippen LogP contribution is 2.20. The van der Waals surface area contributed by atoms with E-state index in [0.717, 1.165) is 24.4 Å². The Labute approximate surface area is 122 Å². The zero-order chi connectivity index (χ0) is 14.5. The monoisotopic (exact) mass is 297 g/mol. The number of aromatic nitrogens is 4. The molecule has 1 aromatic carbocycles. The van der Waals surface area contributed by atoms with Crippen molar-refractivity contribution in [1.82, 2.24) is 25.5 Å². The number of nitrogens with zero attached hydrogens (tertiary/aromatic N) is 4. The summed E-state index contributed by atoms with van der Waals surface area (Å²) < 4.78 is 14.9. The Hall–Kier alpha value is -1.53.